The molecule has 134 valence electrons. The molecule has 0 unspecified atom stereocenters. The van der Waals surface area contributed by atoms with Gasteiger partial charge in [0.25, 0.3) is 0 Å². The van der Waals surface area contributed by atoms with Crippen LogP contribution in [0.15, 0.2) is 35.3 Å². The van der Waals surface area contributed by atoms with Gasteiger partial charge >= 0.3 is 0 Å². The van der Waals surface area contributed by atoms with Crippen molar-refractivity contribution in [2.75, 3.05) is 5.32 Å². The Morgan fingerprint density at radius 3 is 2.69 bits per heavy atom. The van der Waals surface area contributed by atoms with E-state index >= 15 is 0 Å². The maximum atomic E-state index is 6.25. The van der Waals surface area contributed by atoms with Gasteiger partial charge in [-0.1, -0.05) is 25.5 Å². The Balaban J connectivity index is 1.85. The summed E-state index contributed by atoms with van der Waals surface area (Å²) >= 11 is 0. The van der Waals surface area contributed by atoms with Crippen molar-refractivity contribution in [2.24, 2.45) is 4.99 Å². The highest BCUT2D eigenvalue weighted by Crippen LogP contribution is 2.43. The van der Waals surface area contributed by atoms with Gasteiger partial charge in [-0.25, -0.2) is 4.99 Å². The van der Waals surface area contributed by atoms with Crippen LogP contribution in [0.4, 0.5) is 11.4 Å². The summed E-state index contributed by atoms with van der Waals surface area (Å²) in [4.78, 5) is 4.88. The van der Waals surface area contributed by atoms with Gasteiger partial charge in [-0.2, -0.15) is 0 Å². The molecule has 0 atom stereocenters. The first-order valence-electron chi connectivity index (χ1n) is 9.40. The molecule has 2 heterocycles. The van der Waals surface area contributed by atoms with Gasteiger partial charge in [0, 0.05) is 17.3 Å². The number of aryl methyl sites for hydroxylation is 1. The predicted molar refractivity (Wildman–Crippen MR) is 109 cm³/mol. The maximum Gasteiger partial charge on any atom is 0.155 e. The van der Waals surface area contributed by atoms with Gasteiger partial charge in [0.15, 0.2) is 11.5 Å². The van der Waals surface area contributed by atoms with E-state index in [-0.39, 0.29) is 5.54 Å². The van der Waals surface area contributed by atoms with Crippen molar-refractivity contribution in [3.8, 4) is 11.5 Å². The molecular formula is C23H26N2O. The van der Waals surface area contributed by atoms with Crippen molar-refractivity contribution in [3.05, 3.63) is 52.0 Å². The normalized spacial score (nSPS) is 17.1. The van der Waals surface area contributed by atoms with E-state index in [9.17, 15) is 0 Å². The molecule has 2 aliphatic rings. The van der Waals surface area contributed by atoms with Crippen molar-refractivity contribution in [2.45, 2.75) is 53.0 Å². The highest BCUT2D eigenvalue weighted by molar-refractivity contribution is 5.84. The summed E-state index contributed by atoms with van der Waals surface area (Å²) in [6.45, 7) is 10.8. The number of rotatable bonds is 2. The van der Waals surface area contributed by atoms with Crippen LogP contribution in [0.2, 0.25) is 0 Å². The molecule has 0 aliphatic carbocycles. The summed E-state index contributed by atoms with van der Waals surface area (Å²) in [5.41, 5.74) is 5.66. The summed E-state index contributed by atoms with van der Waals surface area (Å²) in [5, 5.41) is 5.73. The minimum atomic E-state index is -0.0611. The van der Waals surface area contributed by atoms with Gasteiger partial charge in [-0.15, -0.1) is 0 Å². The number of nitrogens with zero attached hydrogens (tertiary/aromatic N) is 1. The Bertz CT molecular complexity index is 1040. The molecule has 2 aliphatic heterocycles. The zero-order valence-electron chi connectivity index (χ0n) is 16.2. The average molecular weight is 346 g/mol. The molecule has 1 N–H and O–H groups in total. The molecule has 3 heteroatoms. The standard InChI is InChI=1S/C23H26N2O/c1-6-7-8-16-10-21-19(9-14(16)2)24-20-11-17-15(3)13-23(4,5)25-18(17)12-22(20)26-21/h8-13,25H,6-7H2,1-5H3/b16-8-. The number of hydrogen-bond acceptors (Lipinski definition) is 3. The van der Waals surface area contributed by atoms with E-state index in [1.54, 1.807) is 0 Å². The summed E-state index contributed by atoms with van der Waals surface area (Å²) in [6.07, 6.45) is 6.76. The van der Waals surface area contributed by atoms with Crippen LogP contribution >= 0.6 is 0 Å². The van der Waals surface area contributed by atoms with Crippen LogP contribution in [0.5, 0.6) is 11.5 Å². The third-order valence-corrected chi connectivity index (χ3v) is 5.02. The number of nitrogens with one attached hydrogen (secondary N) is 1. The first kappa shape index (κ1) is 16.9. The van der Waals surface area contributed by atoms with E-state index in [1.165, 1.54) is 21.9 Å². The number of unbranched alkanes of at least 4 members (excludes halogenated alkanes) is 1. The largest absolute Gasteiger partial charge is 0.453 e. The molecule has 0 amide bonds. The van der Waals surface area contributed by atoms with Crippen LogP contribution < -0.4 is 20.6 Å². The zero-order chi connectivity index (χ0) is 18.5. The number of hydrogen-bond donors (Lipinski definition) is 1. The fraction of sp³-hybridized carbons (Fsp3) is 0.348. The van der Waals surface area contributed by atoms with Gasteiger partial charge in [0.2, 0.25) is 0 Å². The number of benzene rings is 2. The van der Waals surface area contributed by atoms with E-state index in [0.717, 1.165) is 41.1 Å². The Morgan fingerprint density at radius 2 is 1.92 bits per heavy atom. The maximum absolute atomic E-state index is 6.25. The van der Waals surface area contributed by atoms with E-state index in [1.807, 2.05) is 0 Å². The Kier molecular flexibility index (Phi) is 3.91. The third-order valence-electron chi connectivity index (χ3n) is 5.02. The van der Waals surface area contributed by atoms with Gasteiger partial charge in [-0.3, -0.25) is 0 Å². The molecule has 2 aromatic carbocycles. The lowest BCUT2D eigenvalue weighted by Crippen LogP contribution is -2.31. The Morgan fingerprint density at radius 1 is 1.12 bits per heavy atom. The summed E-state index contributed by atoms with van der Waals surface area (Å²) in [7, 11) is 0. The number of allylic oxidation sites excluding steroid dienone is 1. The lowest BCUT2D eigenvalue weighted by atomic mass is 9.91. The first-order valence-corrected chi connectivity index (χ1v) is 9.40. The second kappa shape index (κ2) is 6.01. The van der Waals surface area contributed by atoms with E-state index < -0.39 is 0 Å². The highest BCUT2D eigenvalue weighted by Gasteiger charge is 2.25. The van der Waals surface area contributed by atoms with Crippen LogP contribution in [0.25, 0.3) is 11.6 Å². The molecule has 0 bridgehead atoms. The molecule has 0 saturated carbocycles. The molecule has 0 saturated heterocycles. The van der Waals surface area contributed by atoms with Gasteiger partial charge in [0.1, 0.15) is 11.0 Å². The highest BCUT2D eigenvalue weighted by atomic mass is 16.5. The topological polar surface area (TPSA) is 33.6 Å². The fourth-order valence-electron chi connectivity index (χ4n) is 3.80. The second-order valence-corrected chi connectivity index (χ2v) is 7.92. The molecule has 2 aromatic rings. The number of fused-ring (bicyclic) bond motifs is 3. The fourth-order valence-corrected chi connectivity index (χ4v) is 3.80. The van der Waals surface area contributed by atoms with E-state index in [4.69, 9.17) is 9.73 Å². The number of anilines is 1. The average Bonchev–Trinajstić information content (AvgIpc) is 2.56. The van der Waals surface area contributed by atoms with Crippen LogP contribution in [-0.2, 0) is 0 Å². The predicted octanol–water partition coefficient (Wildman–Crippen LogP) is 5.24. The van der Waals surface area contributed by atoms with Gasteiger partial charge < -0.3 is 10.1 Å². The first-order chi connectivity index (χ1) is 12.4. The molecule has 0 radical (unpaired) electrons. The number of ether oxygens (including phenoxy) is 1. The minimum Gasteiger partial charge on any atom is -0.453 e. The molecule has 0 spiro atoms. The van der Waals surface area contributed by atoms with E-state index in [2.05, 4.69) is 76.4 Å². The van der Waals surface area contributed by atoms with Gasteiger partial charge in [-0.05, 0) is 68.7 Å². The van der Waals surface area contributed by atoms with Crippen LogP contribution in [0.1, 0.15) is 51.7 Å². The van der Waals surface area contributed by atoms with Crippen molar-refractivity contribution in [1.82, 2.24) is 0 Å². The molecule has 0 aromatic heterocycles. The Labute approximate surface area is 155 Å². The molecule has 4 rings (SSSR count). The molecule has 0 fully saturated rings. The molecular weight excluding hydrogens is 320 g/mol. The summed E-state index contributed by atoms with van der Waals surface area (Å²) in [5.74, 6) is 1.66. The van der Waals surface area contributed by atoms with Crippen LogP contribution in [-0.4, -0.2) is 5.54 Å². The van der Waals surface area contributed by atoms with Crippen molar-refractivity contribution >= 4 is 23.0 Å². The van der Waals surface area contributed by atoms with Crippen molar-refractivity contribution < 1.29 is 4.74 Å². The SMILES string of the molecule is CCC/C=c1/cc2c(cc1C)=Nc1cc3c(cc1O2)NC(C)(C)C=C3C. The van der Waals surface area contributed by atoms with E-state index in [0.29, 0.717) is 0 Å². The lowest BCUT2D eigenvalue weighted by Gasteiger charge is -2.32. The smallest absolute Gasteiger partial charge is 0.155 e. The molecule has 3 nitrogen and oxygen atoms in total. The Hall–Kier alpha value is -2.55. The lowest BCUT2D eigenvalue weighted by molar-refractivity contribution is 0.469. The quantitative estimate of drug-likeness (QED) is 0.688. The summed E-state index contributed by atoms with van der Waals surface area (Å²) < 4.78 is 6.25. The summed E-state index contributed by atoms with van der Waals surface area (Å²) in [6, 6.07) is 8.47. The van der Waals surface area contributed by atoms with Crippen LogP contribution in [0.3, 0.4) is 0 Å². The van der Waals surface area contributed by atoms with Gasteiger partial charge in [0.05, 0.1) is 5.54 Å². The zero-order valence-corrected chi connectivity index (χ0v) is 16.2. The molecule has 26 heavy (non-hydrogen) atoms. The third kappa shape index (κ3) is 2.92. The second-order valence-electron chi connectivity index (χ2n) is 7.92. The van der Waals surface area contributed by atoms with Crippen molar-refractivity contribution in [1.29, 1.82) is 0 Å². The van der Waals surface area contributed by atoms with Crippen molar-refractivity contribution in [3.63, 3.8) is 0 Å². The monoisotopic (exact) mass is 346 g/mol. The minimum absolute atomic E-state index is 0.0611. The van der Waals surface area contributed by atoms with Crippen LogP contribution in [0, 0.1) is 6.92 Å².